The van der Waals surface area contributed by atoms with Crippen LogP contribution >= 0.6 is 0 Å². The van der Waals surface area contributed by atoms with Crippen molar-refractivity contribution >= 4 is 21.7 Å². The molecule has 1 amide bonds. The van der Waals surface area contributed by atoms with Gasteiger partial charge in [0.1, 0.15) is 0 Å². The SMILES string of the molecule is C[C@H](OC(=O)c1ccc(S(=O)(=O)C(F)F)cc1)C(N)=O. The molecular formula is C11H11F2NO5S. The lowest BCUT2D eigenvalue weighted by Crippen LogP contribution is -2.30. The Morgan fingerprint density at radius 1 is 1.20 bits per heavy atom. The van der Waals surface area contributed by atoms with E-state index in [1.807, 2.05) is 0 Å². The third-order valence-corrected chi connectivity index (χ3v) is 3.74. The van der Waals surface area contributed by atoms with Gasteiger partial charge in [-0.15, -0.1) is 0 Å². The zero-order valence-corrected chi connectivity index (χ0v) is 11.1. The van der Waals surface area contributed by atoms with Crippen molar-refractivity contribution in [2.24, 2.45) is 5.73 Å². The van der Waals surface area contributed by atoms with Crippen molar-refractivity contribution in [2.75, 3.05) is 0 Å². The molecule has 0 bridgehead atoms. The van der Waals surface area contributed by atoms with Gasteiger partial charge in [0.2, 0.25) is 9.84 Å². The summed E-state index contributed by atoms with van der Waals surface area (Å²) in [5, 5.41) is 0. The Labute approximate surface area is 113 Å². The molecule has 1 aromatic rings. The lowest BCUT2D eigenvalue weighted by atomic mass is 10.2. The summed E-state index contributed by atoms with van der Waals surface area (Å²) in [5.41, 5.74) is 4.81. The van der Waals surface area contributed by atoms with E-state index >= 15 is 0 Å². The van der Waals surface area contributed by atoms with Crippen LogP contribution in [0.4, 0.5) is 8.78 Å². The number of carbonyl (C=O) groups excluding carboxylic acids is 2. The normalized spacial score (nSPS) is 13.0. The molecule has 0 fully saturated rings. The number of amides is 1. The number of ether oxygens (including phenoxy) is 1. The van der Waals surface area contributed by atoms with Gasteiger partial charge >= 0.3 is 11.7 Å². The van der Waals surface area contributed by atoms with Crippen molar-refractivity contribution in [1.29, 1.82) is 0 Å². The molecule has 0 saturated carbocycles. The fourth-order valence-corrected chi connectivity index (χ4v) is 1.89. The van der Waals surface area contributed by atoms with Gasteiger partial charge in [-0.3, -0.25) is 4.79 Å². The fourth-order valence-electron chi connectivity index (χ4n) is 1.17. The zero-order valence-electron chi connectivity index (χ0n) is 10.2. The number of carbonyl (C=O) groups is 2. The molecule has 0 spiro atoms. The highest BCUT2D eigenvalue weighted by atomic mass is 32.2. The quantitative estimate of drug-likeness (QED) is 0.807. The molecule has 0 radical (unpaired) electrons. The molecule has 20 heavy (non-hydrogen) atoms. The first kappa shape index (κ1) is 16.0. The minimum atomic E-state index is -4.72. The predicted molar refractivity (Wildman–Crippen MR) is 63.7 cm³/mol. The summed E-state index contributed by atoms with van der Waals surface area (Å²) in [4.78, 5) is 21.6. The van der Waals surface area contributed by atoms with Crippen LogP contribution in [0.3, 0.4) is 0 Å². The van der Waals surface area contributed by atoms with E-state index in [0.29, 0.717) is 0 Å². The zero-order chi connectivity index (χ0) is 15.5. The second kappa shape index (κ2) is 5.95. The number of benzene rings is 1. The summed E-state index contributed by atoms with van der Waals surface area (Å²) in [5.74, 6) is -5.32. The van der Waals surface area contributed by atoms with Crippen LogP contribution in [-0.2, 0) is 19.4 Å². The lowest BCUT2D eigenvalue weighted by molar-refractivity contribution is -0.125. The van der Waals surface area contributed by atoms with Crippen molar-refractivity contribution in [2.45, 2.75) is 23.7 Å². The van der Waals surface area contributed by atoms with E-state index in [4.69, 9.17) is 5.73 Å². The number of hydrogen-bond donors (Lipinski definition) is 1. The maximum absolute atomic E-state index is 12.3. The van der Waals surface area contributed by atoms with E-state index in [1.54, 1.807) is 0 Å². The first-order valence-electron chi connectivity index (χ1n) is 5.28. The molecular weight excluding hydrogens is 296 g/mol. The van der Waals surface area contributed by atoms with Gasteiger partial charge in [0, 0.05) is 0 Å². The Hall–Kier alpha value is -2.03. The number of sulfone groups is 1. The number of halogens is 2. The molecule has 2 N–H and O–H groups in total. The molecule has 1 atom stereocenters. The smallest absolute Gasteiger partial charge is 0.341 e. The maximum atomic E-state index is 12.3. The number of alkyl halides is 2. The van der Waals surface area contributed by atoms with Gasteiger partial charge in [-0.2, -0.15) is 8.78 Å². The van der Waals surface area contributed by atoms with Crippen LogP contribution in [-0.4, -0.2) is 32.2 Å². The summed E-state index contributed by atoms with van der Waals surface area (Å²) in [6, 6.07) is 3.72. The van der Waals surface area contributed by atoms with Crippen LogP contribution in [0.1, 0.15) is 17.3 Å². The van der Waals surface area contributed by atoms with Crippen molar-refractivity contribution in [3.8, 4) is 0 Å². The van der Waals surface area contributed by atoms with Crippen molar-refractivity contribution in [3.63, 3.8) is 0 Å². The summed E-state index contributed by atoms with van der Waals surface area (Å²) >= 11 is 0. The first-order chi connectivity index (χ1) is 9.16. The van der Waals surface area contributed by atoms with Crippen LogP contribution in [0.25, 0.3) is 0 Å². The number of primary amides is 1. The number of esters is 1. The van der Waals surface area contributed by atoms with Gasteiger partial charge in [-0.1, -0.05) is 0 Å². The van der Waals surface area contributed by atoms with Crippen molar-refractivity contribution in [3.05, 3.63) is 29.8 Å². The number of hydrogen-bond acceptors (Lipinski definition) is 5. The van der Waals surface area contributed by atoms with E-state index in [0.717, 1.165) is 24.3 Å². The van der Waals surface area contributed by atoms with Crippen molar-refractivity contribution in [1.82, 2.24) is 0 Å². The number of rotatable bonds is 5. The monoisotopic (exact) mass is 307 g/mol. The molecule has 6 nitrogen and oxygen atoms in total. The molecule has 0 aliphatic rings. The highest BCUT2D eigenvalue weighted by Crippen LogP contribution is 2.19. The standard InChI is InChI=1S/C11H11F2NO5S/c1-6(9(14)15)19-10(16)7-2-4-8(5-3-7)20(17,18)11(12)13/h2-6,11H,1H3,(H2,14,15)/t6-/m0/s1. The Bertz CT molecular complexity index is 612. The van der Waals surface area contributed by atoms with Crippen LogP contribution in [0.5, 0.6) is 0 Å². The molecule has 9 heteroatoms. The lowest BCUT2D eigenvalue weighted by Gasteiger charge is -2.09. The van der Waals surface area contributed by atoms with E-state index in [9.17, 15) is 26.8 Å². The van der Waals surface area contributed by atoms with Gasteiger partial charge in [0.25, 0.3) is 5.91 Å². The highest BCUT2D eigenvalue weighted by molar-refractivity contribution is 7.91. The molecule has 0 aliphatic heterocycles. The molecule has 0 heterocycles. The van der Waals surface area contributed by atoms with E-state index in [1.165, 1.54) is 6.92 Å². The second-order valence-corrected chi connectivity index (χ2v) is 5.70. The van der Waals surface area contributed by atoms with E-state index in [2.05, 4.69) is 4.74 Å². The molecule has 0 unspecified atom stereocenters. The summed E-state index contributed by atoms with van der Waals surface area (Å²) in [6.45, 7) is 1.26. The molecule has 1 rings (SSSR count). The van der Waals surface area contributed by atoms with Crippen LogP contribution in [0.15, 0.2) is 29.2 Å². The highest BCUT2D eigenvalue weighted by Gasteiger charge is 2.26. The Morgan fingerprint density at radius 2 is 1.70 bits per heavy atom. The van der Waals surface area contributed by atoms with Crippen LogP contribution < -0.4 is 5.73 Å². The Balaban J connectivity index is 2.92. The predicted octanol–water partition coefficient (Wildman–Crippen LogP) is 0.714. The first-order valence-corrected chi connectivity index (χ1v) is 6.83. The van der Waals surface area contributed by atoms with Gasteiger partial charge in [-0.25, -0.2) is 13.2 Å². The van der Waals surface area contributed by atoms with E-state index < -0.39 is 38.5 Å². The van der Waals surface area contributed by atoms with Gasteiger partial charge < -0.3 is 10.5 Å². The fraction of sp³-hybridized carbons (Fsp3) is 0.273. The summed E-state index contributed by atoms with van der Waals surface area (Å²) in [7, 11) is -4.72. The third-order valence-electron chi connectivity index (χ3n) is 2.34. The van der Waals surface area contributed by atoms with Gasteiger partial charge in [-0.05, 0) is 31.2 Å². The molecule has 0 saturated heterocycles. The van der Waals surface area contributed by atoms with Gasteiger partial charge in [0.05, 0.1) is 10.5 Å². The summed E-state index contributed by atoms with van der Waals surface area (Å²) in [6.07, 6.45) is -1.16. The molecule has 0 aliphatic carbocycles. The third kappa shape index (κ3) is 3.50. The van der Waals surface area contributed by atoms with E-state index in [-0.39, 0.29) is 5.56 Å². The van der Waals surface area contributed by atoms with Crippen molar-refractivity contribution < 1.29 is 31.5 Å². The minimum absolute atomic E-state index is 0.0914. The Kier molecular flexibility index (Phi) is 4.77. The summed E-state index contributed by atoms with van der Waals surface area (Å²) < 4.78 is 51.5. The Morgan fingerprint density at radius 3 is 2.10 bits per heavy atom. The number of nitrogens with two attached hydrogens (primary N) is 1. The topological polar surface area (TPSA) is 104 Å². The second-order valence-electron chi connectivity index (χ2n) is 3.78. The molecule has 1 aromatic carbocycles. The van der Waals surface area contributed by atoms with Crippen LogP contribution in [0.2, 0.25) is 0 Å². The van der Waals surface area contributed by atoms with Crippen LogP contribution in [0, 0.1) is 0 Å². The minimum Gasteiger partial charge on any atom is -0.449 e. The molecule has 0 aromatic heterocycles. The molecule has 110 valence electrons. The largest absolute Gasteiger partial charge is 0.449 e. The average Bonchev–Trinajstić information content (AvgIpc) is 2.38. The van der Waals surface area contributed by atoms with Gasteiger partial charge in [0.15, 0.2) is 6.10 Å². The average molecular weight is 307 g/mol. The maximum Gasteiger partial charge on any atom is 0.341 e.